The highest BCUT2D eigenvalue weighted by Crippen LogP contribution is 2.47. The second-order valence-corrected chi connectivity index (χ2v) is 9.41. The van der Waals surface area contributed by atoms with Gasteiger partial charge in [0.1, 0.15) is 11.6 Å². The van der Waals surface area contributed by atoms with E-state index in [1.807, 2.05) is 51.1 Å². The van der Waals surface area contributed by atoms with Crippen LogP contribution in [0, 0.1) is 11.3 Å². The summed E-state index contributed by atoms with van der Waals surface area (Å²) in [6, 6.07) is 7.84. The lowest BCUT2D eigenvalue weighted by molar-refractivity contribution is -0.151. The monoisotopic (exact) mass is 390 g/mol. The summed E-state index contributed by atoms with van der Waals surface area (Å²) in [5, 5.41) is 0. The molecule has 2 N–H and O–H groups in total. The molecule has 6 heteroatoms. The molecule has 1 aliphatic heterocycles. The quantitative estimate of drug-likeness (QED) is 0.792. The van der Waals surface area contributed by atoms with E-state index in [0.29, 0.717) is 0 Å². The van der Waals surface area contributed by atoms with Crippen LogP contribution in [-0.4, -0.2) is 41.3 Å². The fraction of sp³-hybridized carbons (Fsp3) is 0.636. The number of benzene rings is 1. The average molecular weight is 391 g/mol. The van der Waals surface area contributed by atoms with Crippen molar-refractivity contribution >= 4 is 12.1 Å². The maximum Gasteiger partial charge on any atom is 0.411 e. The first kappa shape index (κ1) is 22.2. The summed E-state index contributed by atoms with van der Waals surface area (Å²) in [6.45, 7) is 13.5. The highest BCUT2D eigenvalue weighted by Gasteiger charge is 2.58. The molecule has 156 valence electrons. The van der Waals surface area contributed by atoms with Gasteiger partial charge in [-0.05, 0) is 38.7 Å². The topological polar surface area (TPSA) is 81.9 Å². The number of nitrogens with zero attached hydrogens (tertiary/aromatic N) is 1. The van der Waals surface area contributed by atoms with Gasteiger partial charge >= 0.3 is 12.1 Å². The summed E-state index contributed by atoms with van der Waals surface area (Å²) in [5.41, 5.74) is 6.57. The van der Waals surface area contributed by atoms with Crippen molar-refractivity contribution in [1.82, 2.24) is 4.90 Å². The minimum absolute atomic E-state index is 0.236. The molecule has 0 aliphatic carbocycles. The number of nitrogens with two attached hydrogens (primary N) is 1. The summed E-state index contributed by atoms with van der Waals surface area (Å²) in [6.07, 6.45) is -0.554. The number of hydrogen-bond acceptors (Lipinski definition) is 5. The Morgan fingerprint density at radius 3 is 2.11 bits per heavy atom. The molecule has 1 saturated heterocycles. The van der Waals surface area contributed by atoms with E-state index >= 15 is 0 Å². The van der Waals surface area contributed by atoms with Gasteiger partial charge in [0.2, 0.25) is 0 Å². The molecule has 1 fully saturated rings. The lowest BCUT2D eigenvalue weighted by atomic mass is 9.73. The van der Waals surface area contributed by atoms with Gasteiger partial charge in [0, 0.05) is 12.0 Å². The predicted octanol–water partition coefficient (Wildman–Crippen LogP) is 3.90. The molecule has 1 aromatic rings. The third-order valence-corrected chi connectivity index (χ3v) is 4.99. The van der Waals surface area contributed by atoms with E-state index in [-0.39, 0.29) is 17.9 Å². The Labute approximate surface area is 168 Å². The fourth-order valence-corrected chi connectivity index (χ4v) is 4.05. The van der Waals surface area contributed by atoms with Crippen LogP contribution < -0.4 is 5.73 Å². The molecule has 0 spiro atoms. The number of hydrogen-bond donors (Lipinski definition) is 1. The highest BCUT2D eigenvalue weighted by molar-refractivity contribution is 5.83. The van der Waals surface area contributed by atoms with Gasteiger partial charge in [0.05, 0.1) is 12.6 Å². The maximum atomic E-state index is 13.2. The third kappa shape index (κ3) is 4.66. The number of amides is 1. The predicted molar refractivity (Wildman–Crippen MR) is 109 cm³/mol. The summed E-state index contributed by atoms with van der Waals surface area (Å²) < 4.78 is 11.0. The van der Waals surface area contributed by atoms with Crippen LogP contribution in [0.15, 0.2) is 30.3 Å². The second kappa shape index (κ2) is 8.11. The van der Waals surface area contributed by atoms with Gasteiger partial charge in [-0.2, -0.15) is 0 Å². The van der Waals surface area contributed by atoms with E-state index in [0.717, 1.165) is 5.56 Å². The molecule has 1 aromatic carbocycles. The van der Waals surface area contributed by atoms with E-state index in [4.69, 9.17) is 15.2 Å². The number of likely N-dealkylation sites (tertiary alicyclic amines) is 1. The normalized spacial score (nSPS) is 25.5. The lowest BCUT2D eigenvalue weighted by Crippen LogP contribution is -2.49. The zero-order valence-corrected chi connectivity index (χ0v) is 18.1. The largest absolute Gasteiger partial charge is 0.464 e. The Hall–Kier alpha value is -2.08. The Morgan fingerprint density at radius 1 is 1.07 bits per heavy atom. The zero-order chi connectivity index (χ0) is 21.3. The molecule has 1 heterocycles. The minimum Gasteiger partial charge on any atom is -0.464 e. The van der Waals surface area contributed by atoms with E-state index in [1.165, 1.54) is 4.90 Å². The van der Waals surface area contributed by atoms with Gasteiger partial charge in [-0.15, -0.1) is 0 Å². The summed E-state index contributed by atoms with van der Waals surface area (Å²) >= 11 is 0. The lowest BCUT2D eigenvalue weighted by Gasteiger charge is -2.35. The number of rotatable bonds is 3. The van der Waals surface area contributed by atoms with Crippen molar-refractivity contribution in [2.24, 2.45) is 17.1 Å². The number of ether oxygens (including phenoxy) is 2. The van der Waals surface area contributed by atoms with E-state index in [2.05, 4.69) is 0 Å². The summed E-state index contributed by atoms with van der Waals surface area (Å²) in [4.78, 5) is 27.7. The second-order valence-electron chi connectivity index (χ2n) is 9.41. The zero-order valence-electron chi connectivity index (χ0n) is 18.1. The van der Waals surface area contributed by atoms with E-state index < -0.39 is 35.8 Å². The fourth-order valence-electron chi connectivity index (χ4n) is 4.05. The van der Waals surface area contributed by atoms with Crippen molar-refractivity contribution in [3.63, 3.8) is 0 Å². The third-order valence-electron chi connectivity index (χ3n) is 4.99. The highest BCUT2D eigenvalue weighted by atomic mass is 16.6. The first-order valence-electron chi connectivity index (χ1n) is 9.87. The van der Waals surface area contributed by atoms with Gasteiger partial charge in [0.25, 0.3) is 0 Å². The Morgan fingerprint density at radius 2 is 1.64 bits per heavy atom. The van der Waals surface area contributed by atoms with E-state index in [9.17, 15) is 9.59 Å². The molecule has 0 aromatic heterocycles. The number of carbonyl (C=O) groups is 2. The Kier molecular flexibility index (Phi) is 6.44. The van der Waals surface area contributed by atoms with Crippen molar-refractivity contribution in [2.75, 3.05) is 6.61 Å². The van der Waals surface area contributed by atoms with Crippen molar-refractivity contribution in [1.29, 1.82) is 0 Å². The van der Waals surface area contributed by atoms with Crippen molar-refractivity contribution in [2.45, 2.75) is 72.2 Å². The summed E-state index contributed by atoms with van der Waals surface area (Å²) in [5.74, 6) is -0.730. The Balaban J connectivity index is 2.61. The molecule has 0 unspecified atom stereocenters. The molecule has 2 rings (SSSR count). The minimum atomic E-state index is -0.810. The molecule has 28 heavy (non-hydrogen) atoms. The van der Waals surface area contributed by atoms with Crippen molar-refractivity contribution in [3.8, 4) is 0 Å². The number of carbonyl (C=O) groups excluding carboxylic acids is 2. The van der Waals surface area contributed by atoms with Crippen molar-refractivity contribution < 1.29 is 19.1 Å². The van der Waals surface area contributed by atoms with Gasteiger partial charge in [-0.25, -0.2) is 9.59 Å². The van der Waals surface area contributed by atoms with Gasteiger partial charge < -0.3 is 15.2 Å². The molecule has 0 radical (unpaired) electrons. The molecular formula is C22H34N2O4. The first-order chi connectivity index (χ1) is 12.9. The van der Waals surface area contributed by atoms with Gasteiger partial charge in [0.15, 0.2) is 0 Å². The SMILES string of the molecule is CCOC(=O)[C@@H]1[C@@H](C(C)(C)C)[C@H](N)[C@H](c2ccccc2)N1C(=O)OC(C)(C)C. The van der Waals surface area contributed by atoms with Gasteiger partial charge in [-0.3, -0.25) is 4.90 Å². The van der Waals surface area contributed by atoms with Crippen LogP contribution in [0.1, 0.15) is 60.1 Å². The Bertz CT molecular complexity index is 691. The van der Waals surface area contributed by atoms with Crippen LogP contribution >= 0.6 is 0 Å². The smallest absolute Gasteiger partial charge is 0.411 e. The summed E-state index contributed by atoms with van der Waals surface area (Å²) in [7, 11) is 0. The molecule has 6 nitrogen and oxygen atoms in total. The average Bonchev–Trinajstić information content (AvgIpc) is 2.88. The molecule has 1 aliphatic rings. The first-order valence-corrected chi connectivity index (χ1v) is 9.87. The molecule has 0 bridgehead atoms. The molecule has 1 amide bonds. The van der Waals surface area contributed by atoms with Crippen LogP contribution in [-0.2, 0) is 14.3 Å². The van der Waals surface area contributed by atoms with Crippen LogP contribution in [0.2, 0.25) is 0 Å². The molecule has 0 saturated carbocycles. The standard InChI is InChI=1S/C22H34N2O4/c1-8-27-19(25)18-15(21(2,3)4)16(23)17(14-12-10-9-11-13-14)24(18)20(26)28-22(5,6)7/h9-13,15-18H,8,23H2,1-7H3/t15-,16-,17-,18-/m0/s1. The van der Waals surface area contributed by atoms with Crippen molar-refractivity contribution in [3.05, 3.63) is 35.9 Å². The van der Waals surface area contributed by atoms with Crippen LogP contribution in [0.25, 0.3) is 0 Å². The maximum absolute atomic E-state index is 13.2. The van der Waals surface area contributed by atoms with Gasteiger partial charge in [-0.1, -0.05) is 51.1 Å². The van der Waals surface area contributed by atoms with Crippen LogP contribution in [0.4, 0.5) is 4.79 Å². The molecule has 4 atom stereocenters. The molecular weight excluding hydrogens is 356 g/mol. The van der Waals surface area contributed by atoms with Crippen LogP contribution in [0.5, 0.6) is 0 Å². The van der Waals surface area contributed by atoms with Crippen LogP contribution in [0.3, 0.4) is 0 Å². The number of esters is 1. The van der Waals surface area contributed by atoms with E-state index in [1.54, 1.807) is 27.7 Å².